The third-order valence-electron chi connectivity index (χ3n) is 4.72. The molecule has 180 valence electrons. The summed E-state index contributed by atoms with van der Waals surface area (Å²) in [5.41, 5.74) is 2.19. The average Bonchev–Trinajstić information content (AvgIpc) is 2.88. The first kappa shape index (κ1) is 27.1. The summed E-state index contributed by atoms with van der Waals surface area (Å²) >= 11 is 0. The number of hydrogen-bond acceptors (Lipinski definition) is 5. The Morgan fingerprint density at radius 2 is 1.06 bits per heavy atom. The van der Waals surface area contributed by atoms with Crippen LogP contribution in [-0.4, -0.2) is 37.2 Å². The van der Waals surface area contributed by atoms with Crippen molar-refractivity contribution in [2.24, 2.45) is 0 Å². The van der Waals surface area contributed by atoms with Crippen LogP contribution in [0.3, 0.4) is 0 Å². The van der Waals surface area contributed by atoms with Gasteiger partial charge in [-0.1, -0.05) is 91.0 Å². The van der Waals surface area contributed by atoms with Crippen LogP contribution >= 0.6 is 0 Å². The van der Waals surface area contributed by atoms with E-state index in [-0.39, 0.29) is 17.7 Å². The molecule has 0 fully saturated rings. The monoisotopic (exact) mass is 462 g/mol. The van der Waals surface area contributed by atoms with Crippen LogP contribution in [0.15, 0.2) is 91.0 Å². The molecule has 0 aromatic heterocycles. The number of hydrogen-bond donors (Lipinski definition) is 0. The Kier molecular flexibility index (Phi) is 11.9. The highest BCUT2D eigenvalue weighted by molar-refractivity contribution is 6.00. The molecule has 3 rings (SSSR count). The second-order valence-electron chi connectivity index (χ2n) is 7.68. The topological polar surface area (TPSA) is 61.8 Å². The van der Waals surface area contributed by atoms with Gasteiger partial charge in [0.05, 0.1) is 6.10 Å². The van der Waals surface area contributed by atoms with Crippen LogP contribution in [0.1, 0.15) is 60.1 Å². The summed E-state index contributed by atoms with van der Waals surface area (Å²) in [5.74, 6) is -0.125. The van der Waals surface area contributed by atoms with Gasteiger partial charge < -0.3 is 14.2 Å². The fourth-order valence-corrected chi connectivity index (χ4v) is 3.19. The maximum atomic E-state index is 12.6. The fourth-order valence-electron chi connectivity index (χ4n) is 3.19. The molecule has 0 aliphatic carbocycles. The van der Waals surface area contributed by atoms with E-state index >= 15 is 0 Å². The third kappa shape index (κ3) is 8.67. The Labute approximate surface area is 202 Å². The number of carbonyl (C=O) groups excluding carboxylic acids is 2. The van der Waals surface area contributed by atoms with E-state index in [4.69, 9.17) is 14.2 Å². The normalized spacial score (nSPS) is 11.6. The van der Waals surface area contributed by atoms with E-state index in [9.17, 15) is 9.59 Å². The van der Waals surface area contributed by atoms with Gasteiger partial charge in [0.1, 0.15) is 6.10 Å². The van der Waals surface area contributed by atoms with Gasteiger partial charge in [0.2, 0.25) is 12.1 Å². The van der Waals surface area contributed by atoms with Crippen molar-refractivity contribution >= 4 is 11.6 Å². The van der Waals surface area contributed by atoms with Gasteiger partial charge in [0.25, 0.3) is 0 Å². The van der Waals surface area contributed by atoms with Crippen molar-refractivity contribution in [3.05, 3.63) is 108 Å². The predicted octanol–water partition coefficient (Wildman–Crippen LogP) is 6.30. The molecule has 5 heteroatoms. The van der Waals surface area contributed by atoms with Gasteiger partial charge >= 0.3 is 0 Å². The van der Waals surface area contributed by atoms with Gasteiger partial charge in [0, 0.05) is 24.3 Å². The Morgan fingerprint density at radius 1 is 0.647 bits per heavy atom. The lowest BCUT2D eigenvalue weighted by atomic mass is 9.99. The standard InChI is InChI=1S/C17H18O2.C12H16O3/c1-13(2)19-17(15-11-7-4-8-12-15)16(18)14-9-5-3-6-10-14;1-3-14-12(15-4-2)11(13)10-8-6-5-7-9-10/h3-13,17H,1-2H3;5-9,12H,3-4H2,1-2H3. The predicted molar refractivity (Wildman–Crippen MR) is 134 cm³/mol. The van der Waals surface area contributed by atoms with E-state index in [0.717, 1.165) is 5.56 Å². The van der Waals surface area contributed by atoms with Crippen molar-refractivity contribution in [3.63, 3.8) is 0 Å². The lowest BCUT2D eigenvalue weighted by Crippen LogP contribution is -2.27. The van der Waals surface area contributed by atoms with Crippen molar-refractivity contribution in [2.45, 2.75) is 46.2 Å². The maximum Gasteiger partial charge on any atom is 0.222 e. The lowest BCUT2D eigenvalue weighted by molar-refractivity contribution is -0.107. The molecule has 0 spiro atoms. The summed E-state index contributed by atoms with van der Waals surface area (Å²) in [4.78, 5) is 24.4. The molecule has 3 aromatic rings. The van der Waals surface area contributed by atoms with Gasteiger partial charge in [-0.05, 0) is 33.3 Å². The number of carbonyl (C=O) groups is 2. The second kappa shape index (κ2) is 14.9. The van der Waals surface area contributed by atoms with Crippen LogP contribution in [0.2, 0.25) is 0 Å². The fraction of sp³-hybridized carbons (Fsp3) is 0.310. The molecule has 34 heavy (non-hydrogen) atoms. The van der Waals surface area contributed by atoms with Gasteiger partial charge in [0.15, 0.2) is 5.78 Å². The Bertz CT molecular complexity index is 965. The molecule has 0 N–H and O–H groups in total. The van der Waals surface area contributed by atoms with E-state index in [1.807, 2.05) is 107 Å². The number of Topliss-reactive ketones (excluding diaryl/α,β-unsaturated/α-hetero) is 2. The second-order valence-corrected chi connectivity index (χ2v) is 7.68. The van der Waals surface area contributed by atoms with Gasteiger partial charge in [-0.3, -0.25) is 9.59 Å². The average molecular weight is 463 g/mol. The molecule has 0 heterocycles. The summed E-state index contributed by atoms with van der Waals surface area (Å²) < 4.78 is 16.3. The Morgan fingerprint density at radius 3 is 1.47 bits per heavy atom. The van der Waals surface area contributed by atoms with Crippen LogP contribution < -0.4 is 0 Å². The number of ether oxygens (including phenoxy) is 3. The first-order valence-electron chi connectivity index (χ1n) is 11.6. The Hall–Kier alpha value is -3.12. The quantitative estimate of drug-likeness (QED) is 0.247. The van der Waals surface area contributed by atoms with Crippen LogP contribution in [0, 0.1) is 0 Å². The van der Waals surface area contributed by atoms with E-state index in [1.165, 1.54) is 0 Å². The van der Waals surface area contributed by atoms with Crippen LogP contribution in [-0.2, 0) is 14.2 Å². The smallest absolute Gasteiger partial charge is 0.222 e. The van der Waals surface area contributed by atoms with E-state index in [1.54, 1.807) is 12.1 Å². The summed E-state index contributed by atoms with van der Waals surface area (Å²) in [5, 5.41) is 0. The zero-order valence-corrected chi connectivity index (χ0v) is 20.3. The van der Waals surface area contributed by atoms with Crippen molar-refractivity contribution in [2.75, 3.05) is 13.2 Å². The largest absolute Gasteiger partial charge is 0.363 e. The number of benzene rings is 3. The molecule has 5 nitrogen and oxygen atoms in total. The molecule has 1 unspecified atom stereocenters. The van der Waals surface area contributed by atoms with Gasteiger partial charge in [-0.15, -0.1) is 0 Å². The Balaban J connectivity index is 0.000000248. The minimum atomic E-state index is -0.776. The molecule has 0 bridgehead atoms. The van der Waals surface area contributed by atoms with Crippen molar-refractivity contribution in [3.8, 4) is 0 Å². The van der Waals surface area contributed by atoms with Gasteiger partial charge in [-0.2, -0.15) is 0 Å². The van der Waals surface area contributed by atoms with Gasteiger partial charge in [-0.25, -0.2) is 0 Å². The van der Waals surface area contributed by atoms with E-state index < -0.39 is 12.4 Å². The minimum absolute atomic E-state index is 0.000463. The minimum Gasteiger partial charge on any atom is -0.363 e. The first-order valence-corrected chi connectivity index (χ1v) is 11.6. The lowest BCUT2D eigenvalue weighted by Gasteiger charge is -2.19. The first-order chi connectivity index (χ1) is 16.5. The van der Waals surface area contributed by atoms with Crippen molar-refractivity contribution in [1.82, 2.24) is 0 Å². The number of ketones is 2. The summed E-state index contributed by atoms with van der Waals surface area (Å²) in [6.45, 7) is 8.48. The molecule has 0 radical (unpaired) electrons. The summed E-state index contributed by atoms with van der Waals surface area (Å²) in [7, 11) is 0. The van der Waals surface area contributed by atoms with Crippen LogP contribution in [0.5, 0.6) is 0 Å². The molecule has 0 saturated carbocycles. The van der Waals surface area contributed by atoms with Crippen LogP contribution in [0.25, 0.3) is 0 Å². The van der Waals surface area contributed by atoms with E-state index in [2.05, 4.69) is 0 Å². The molecule has 1 atom stereocenters. The highest BCUT2D eigenvalue weighted by atomic mass is 16.7. The molecule has 0 aliphatic rings. The molecule has 3 aromatic carbocycles. The summed E-state index contributed by atoms with van der Waals surface area (Å²) in [6, 6.07) is 27.9. The number of rotatable bonds is 11. The summed E-state index contributed by atoms with van der Waals surface area (Å²) in [6.07, 6.45) is -1.32. The molecular weight excluding hydrogens is 428 g/mol. The van der Waals surface area contributed by atoms with Crippen molar-refractivity contribution < 1.29 is 23.8 Å². The molecule has 0 aliphatic heterocycles. The highest BCUT2D eigenvalue weighted by Gasteiger charge is 2.23. The van der Waals surface area contributed by atoms with Crippen LogP contribution in [0.4, 0.5) is 0 Å². The SMILES string of the molecule is CC(C)OC(C(=O)c1ccccc1)c1ccccc1.CCOC(OCC)C(=O)c1ccccc1. The molecule has 0 amide bonds. The van der Waals surface area contributed by atoms with Crippen molar-refractivity contribution in [1.29, 1.82) is 0 Å². The molecule has 0 saturated heterocycles. The van der Waals surface area contributed by atoms with E-state index in [0.29, 0.717) is 24.3 Å². The molecular formula is C29H34O5. The zero-order valence-electron chi connectivity index (χ0n) is 20.3. The maximum absolute atomic E-state index is 12.6. The third-order valence-corrected chi connectivity index (χ3v) is 4.72. The highest BCUT2D eigenvalue weighted by Crippen LogP contribution is 2.23. The zero-order chi connectivity index (χ0) is 24.8.